The monoisotopic (exact) mass is 385 g/mol. The standard InChI is InChI=1S/C16H20BrNO5/c1-4-10(2)14(16(21)22-3)18-13(19)9-23-15(20)11-7-5-6-8-12(11)17/h5-8,10,14H,4,9H2,1-3H3,(H,18,19)/t10-,14-/m0/s1. The molecule has 0 aromatic heterocycles. The van der Waals surface area contributed by atoms with Crippen LogP contribution in [0, 0.1) is 5.92 Å². The van der Waals surface area contributed by atoms with Crippen molar-refractivity contribution in [2.45, 2.75) is 26.3 Å². The number of rotatable bonds is 7. The molecule has 0 spiro atoms. The second kappa shape index (κ2) is 9.29. The lowest BCUT2D eigenvalue weighted by Crippen LogP contribution is -2.47. The van der Waals surface area contributed by atoms with E-state index < -0.39 is 30.5 Å². The van der Waals surface area contributed by atoms with Crippen LogP contribution in [0.15, 0.2) is 28.7 Å². The molecule has 1 amide bonds. The van der Waals surface area contributed by atoms with E-state index in [1.165, 1.54) is 7.11 Å². The van der Waals surface area contributed by atoms with Crippen LogP contribution in [-0.2, 0) is 19.1 Å². The van der Waals surface area contributed by atoms with E-state index in [9.17, 15) is 14.4 Å². The third kappa shape index (κ3) is 5.67. The molecule has 0 bridgehead atoms. The van der Waals surface area contributed by atoms with Gasteiger partial charge in [0.2, 0.25) is 0 Å². The van der Waals surface area contributed by atoms with Gasteiger partial charge in [0.25, 0.3) is 5.91 Å². The number of methoxy groups -OCH3 is 1. The molecule has 0 fully saturated rings. The summed E-state index contributed by atoms with van der Waals surface area (Å²) in [5, 5.41) is 2.54. The molecule has 0 aliphatic rings. The summed E-state index contributed by atoms with van der Waals surface area (Å²) in [5.74, 6) is -1.79. The second-order valence-electron chi connectivity index (χ2n) is 5.01. The van der Waals surface area contributed by atoms with Gasteiger partial charge in [-0.3, -0.25) is 4.79 Å². The van der Waals surface area contributed by atoms with Crippen LogP contribution in [0.2, 0.25) is 0 Å². The molecule has 0 aliphatic heterocycles. The first-order valence-corrected chi connectivity index (χ1v) is 7.98. The Balaban J connectivity index is 2.60. The van der Waals surface area contributed by atoms with Gasteiger partial charge in [0.1, 0.15) is 6.04 Å². The van der Waals surface area contributed by atoms with Crippen molar-refractivity contribution in [1.29, 1.82) is 0 Å². The summed E-state index contributed by atoms with van der Waals surface area (Å²) in [7, 11) is 1.26. The van der Waals surface area contributed by atoms with Gasteiger partial charge in [-0.15, -0.1) is 0 Å². The van der Waals surface area contributed by atoms with Gasteiger partial charge in [-0.05, 0) is 34.0 Å². The molecule has 0 unspecified atom stereocenters. The van der Waals surface area contributed by atoms with Crippen LogP contribution in [0.3, 0.4) is 0 Å². The lowest BCUT2D eigenvalue weighted by Gasteiger charge is -2.21. The molecule has 1 N–H and O–H groups in total. The van der Waals surface area contributed by atoms with Gasteiger partial charge in [-0.1, -0.05) is 32.4 Å². The van der Waals surface area contributed by atoms with E-state index in [0.29, 0.717) is 16.5 Å². The van der Waals surface area contributed by atoms with Crippen molar-refractivity contribution in [2.75, 3.05) is 13.7 Å². The normalized spacial score (nSPS) is 12.9. The predicted molar refractivity (Wildman–Crippen MR) is 87.8 cm³/mol. The third-order valence-corrected chi connectivity index (χ3v) is 4.10. The van der Waals surface area contributed by atoms with Gasteiger partial charge in [0.05, 0.1) is 12.7 Å². The summed E-state index contributed by atoms with van der Waals surface area (Å²) >= 11 is 3.24. The number of hydrogen-bond acceptors (Lipinski definition) is 5. The summed E-state index contributed by atoms with van der Waals surface area (Å²) in [5.41, 5.74) is 0.326. The molecule has 0 saturated heterocycles. The number of carbonyl (C=O) groups is 3. The first kappa shape index (κ1) is 19.2. The maximum absolute atomic E-state index is 11.9. The largest absolute Gasteiger partial charge is 0.467 e. The number of ether oxygens (including phenoxy) is 2. The lowest BCUT2D eigenvalue weighted by molar-refractivity contribution is -0.147. The van der Waals surface area contributed by atoms with Crippen LogP contribution in [0.5, 0.6) is 0 Å². The topological polar surface area (TPSA) is 81.7 Å². The number of halogens is 1. The van der Waals surface area contributed by atoms with Crippen molar-refractivity contribution in [2.24, 2.45) is 5.92 Å². The van der Waals surface area contributed by atoms with E-state index >= 15 is 0 Å². The number of hydrogen-bond donors (Lipinski definition) is 1. The summed E-state index contributed by atoms with van der Waals surface area (Å²) in [6.45, 7) is 3.26. The Kier molecular flexibility index (Phi) is 7.74. The minimum Gasteiger partial charge on any atom is -0.467 e. The quantitative estimate of drug-likeness (QED) is 0.728. The van der Waals surface area contributed by atoms with Crippen molar-refractivity contribution >= 4 is 33.8 Å². The zero-order chi connectivity index (χ0) is 17.4. The van der Waals surface area contributed by atoms with Crippen molar-refractivity contribution in [3.63, 3.8) is 0 Å². The first-order valence-electron chi connectivity index (χ1n) is 7.19. The molecular formula is C16H20BrNO5. The van der Waals surface area contributed by atoms with Crippen LogP contribution in [0.4, 0.5) is 0 Å². The van der Waals surface area contributed by atoms with E-state index in [1.807, 2.05) is 13.8 Å². The highest BCUT2D eigenvalue weighted by molar-refractivity contribution is 9.10. The van der Waals surface area contributed by atoms with E-state index in [2.05, 4.69) is 26.0 Å². The van der Waals surface area contributed by atoms with Crippen molar-refractivity contribution < 1.29 is 23.9 Å². The van der Waals surface area contributed by atoms with Crippen molar-refractivity contribution in [1.82, 2.24) is 5.32 Å². The summed E-state index contributed by atoms with van der Waals surface area (Å²) in [4.78, 5) is 35.5. The number of amides is 1. The Labute approximate surface area is 143 Å². The highest BCUT2D eigenvalue weighted by Gasteiger charge is 2.27. The highest BCUT2D eigenvalue weighted by Crippen LogP contribution is 2.16. The number of benzene rings is 1. The molecule has 7 heteroatoms. The molecule has 6 nitrogen and oxygen atoms in total. The van der Waals surface area contributed by atoms with Gasteiger partial charge in [0, 0.05) is 4.47 Å². The van der Waals surface area contributed by atoms with Gasteiger partial charge in [0.15, 0.2) is 6.61 Å². The third-order valence-electron chi connectivity index (χ3n) is 3.41. The Bertz CT molecular complexity index is 575. The zero-order valence-electron chi connectivity index (χ0n) is 13.3. The van der Waals surface area contributed by atoms with Crippen LogP contribution in [0.25, 0.3) is 0 Å². The molecule has 0 radical (unpaired) electrons. The molecule has 126 valence electrons. The smallest absolute Gasteiger partial charge is 0.339 e. The fourth-order valence-corrected chi connectivity index (χ4v) is 2.29. The molecule has 0 aliphatic carbocycles. The van der Waals surface area contributed by atoms with E-state index in [0.717, 1.165) is 0 Å². The Morgan fingerprint density at radius 1 is 1.26 bits per heavy atom. The fourth-order valence-electron chi connectivity index (χ4n) is 1.85. The van der Waals surface area contributed by atoms with Crippen LogP contribution in [0.1, 0.15) is 30.6 Å². The molecule has 23 heavy (non-hydrogen) atoms. The van der Waals surface area contributed by atoms with Crippen molar-refractivity contribution in [3.05, 3.63) is 34.3 Å². The number of nitrogens with one attached hydrogen (secondary N) is 1. The number of carbonyl (C=O) groups excluding carboxylic acids is 3. The second-order valence-corrected chi connectivity index (χ2v) is 5.86. The lowest BCUT2D eigenvalue weighted by atomic mass is 9.99. The van der Waals surface area contributed by atoms with Gasteiger partial charge in [-0.2, -0.15) is 0 Å². The SMILES string of the molecule is CC[C@H](C)[C@H](NC(=O)COC(=O)c1ccccc1Br)C(=O)OC. The summed E-state index contributed by atoms with van der Waals surface area (Å²) < 4.78 is 10.2. The predicted octanol–water partition coefficient (Wildman–Crippen LogP) is 2.31. The highest BCUT2D eigenvalue weighted by atomic mass is 79.9. The fraction of sp³-hybridized carbons (Fsp3) is 0.438. The average molecular weight is 386 g/mol. The maximum Gasteiger partial charge on any atom is 0.339 e. The molecule has 1 aromatic carbocycles. The molecule has 1 aromatic rings. The minimum atomic E-state index is -0.764. The van der Waals surface area contributed by atoms with Crippen LogP contribution in [-0.4, -0.2) is 37.6 Å². The average Bonchev–Trinajstić information content (AvgIpc) is 2.56. The van der Waals surface area contributed by atoms with Gasteiger partial charge >= 0.3 is 11.9 Å². The van der Waals surface area contributed by atoms with Crippen LogP contribution >= 0.6 is 15.9 Å². The Morgan fingerprint density at radius 3 is 2.48 bits per heavy atom. The van der Waals surface area contributed by atoms with E-state index in [-0.39, 0.29) is 5.92 Å². The van der Waals surface area contributed by atoms with E-state index in [4.69, 9.17) is 4.74 Å². The molecular weight excluding hydrogens is 366 g/mol. The van der Waals surface area contributed by atoms with Gasteiger partial charge < -0.3 is 14.8 Å². The first-order chi connectivity index (χ1) is 10.9. The minimum absolute atomic E-state index is 0.0923. The van der Waals surface area contributed by atoms with E-state index in [1.54, 1.807) is 24.3 Å². The summed E-state index contributed by atoms with van der Waals surface area (Å²) in [6, 6.07) is 5.98. The van der Waals surface area contributed by atoms with Gasteiger partial charge in [-0.25, -0.2) is 9.59 Å². The number of esters is 2. The molecule has 1 rings (SSSR count). The van der Waals surface area contributed by atoms with Crippen LogP contribution < -0.4 is 5.32 Å². The van der Waals surface area contributed by atoms with Crippen molar-refractivity contribution in [3.8, 4) is 0 Å². The molecule has 0 heterocycles. The molecule has 2 atom stereocenters. The summed E-state index contributed by atoms with van der Waals surface area (Å²) in [6.07, 6.45) is 0.691. The maximum atomic E-state index is 11.9. The zero-order valence-corrected chi connectivity index (χ0v) is 14.9. The molecule has 0 saturated carbocycles. The Morgan fingerprint density at radius 2 is 1.91 bits per heavy atom. The Hall–Kier alpha value is -1.89.